The molecule has 1 heterocycles. The van der Waals surface area contributed by atoms with E-state index in [1.165, 1.54) is 6.07 Å². The third-order valence-electron chi connectivity index (χ3n) is 5.55. The molecule has 2 aliphatic rings. The molecular formula is C20H18FN5. The van der Waals surface area contributed by atoms with E-state index in [9.17, 15) is 20.2 Å². The van der Waals surface area contributed by atoms with Gasteiger partial charge in [0.2, 0.25) is 5.41 Å². The highest BCUT2D eigenvalue weighted by molar-refractivity contribution is 6.01. The fourth-order valence-electron chi connectivity index (χ4n) is 4.19. The number of rotatable bonds is 2. The third-order valence-corrected chi connectivity index (χ3v) is 5.55. The van der Waals surface area contributed by atoms with Gasteiger partial charge < -0.3 is 5.41 Å². The van der Waals surface area contributed by atoms with Crippen LogP contribution in [0.4, 0.5) is 4.39 Å². The second-order valence-electron chi connectivity index (χ2n) is 6.66. The number of halogens is 1. The fourth-order valence-corrected chi connectivity index (χ4v) is 4.19. The molecule has 26 heavy (non-hydrogen) atoms. The summed E-state index contributed by atoms with van der Waals surface area (Å²) < 4.78 is 14.6. The van der Waals surface area contributed by atoms with Gasteiger partial charge in [0.15, 0.2) is 0 Å². The van der Waals surface area contributed by atoms with Gasteiger partial charge >= 0.3 is 0 Å². The van der Waals surface area contributed by atoms with Crippen LogP contribution in [0.1, 0.15) is 18.4 Å². The molecule has 130 valence electrons. The molecule has 0 spiro atoms. The van der Waals surface area contributed by atoms with Crippen LogP contribution in [0.3, 0.4) is 0 Å². The lowest BCUT2D eigenvalue weighted by Crippen LogP contribution is -2.52. The van der Waals surface area contributed by atoms with E-state index in [-0.39, 0.29) is 11.6 Å². The molecule has 0 bridgehead atoms. The quantitative estimate of drug-likeness (QED) is 0.831. The van der Waals surface area contributed by atoms with Crippen molar-refractivity contribution in [2.75, 3.05) is 19.6 Å². The van der Waals surface area contributed by atoms with E-state index in [0.29, 0.717) is 24.2 Å². The molecule has 1 aromatic rings. The summed E-state index contributed by atoms with van der Waals surface area (Å²) in [5.41, 5.74) is -1.09. The smallest absolute Gasteiger partial charge is 0.203 e. The molecule has 0 unspecified atom stereocenters. The number of hydrogen-bond acceptors (Lipinski definition) is 5. The summed E-state index contributed by atoms with van der Waals surface area (Å²) in [6.45, 7) is 3.87. The van der Waals surface area contributed by atoms with Crippen LogP contribution in [0, 0.1) is 62.5 Å². The molecule has 0 amide bonds. The van der Waals surface area contributed by atoms with Crippen LogP contribution in [-0.2, 0) is 0 Å². The first-order chi connectivity index (χ1) is 12.5. The summed E-state index contributed by atoms with van der Waals surface area (Å²) in [7, 11) is 0. The van der Waals surface area contributed by atoms with Gasteiger partial charge in [0.05, 0.1) is 29.8 Å². The van der Waals surface area contributed by atoms with E-state index in [4.69, 9.17) is 5.41 Å². The zero-order valence-electron chi connectivity index (χ0n) is 14.4. The maximum absolute atomic E-state index is 14.6. The molecule has 1 fully saturated rings. The largest absolute Gasteiger partial charge is 0.305 e. The Morgan fingerprint density at radius 1 is 1.27 bits per heavy atom. The van der Waals surface area contributed by atoms with Gasteiger partial charge in [0, 0.05) is 24.9 Å². The molecule has 0 saturated heterocycles. The van der Waals surface area contributed by atoms with Crippen molar-refractivity contribution in [3.63, 3.8) is 0 Å². The van der Waals surface area contributed by atoms with Crippen molar-refractivity contribution in [3.8, 4) is 18.2 Å². The number of benzene rings is 1. The molecule has 1 saturated carbocycles. The molecule has 1 aliphatic heterocycles. The number of fused-ring (bicyclic) bond motifs is 1. The van der Waals surface area contributed by atoms with Crippen LogP contribution in [0.5, 0.6) is 0 Å². The standard InChI is InChI=1S/C20H18FN5/c1-2-26-8-7-16-15(10-26)18(13-5-3-4-6-17(13)21)14(9-22)19(25)20(16,11-23)12-24/h3-7,14-15,18,25H,2,8,10H2,1H3/t14-,15-,18-/m1/s1. The van der Waals surface area contributed by atoms with Gasteiger partial charge in [-0.3, -0.25) is 4.90 Å². The van der Waals surface area contributed by atoms with Crippen molar-refractivity contribution in [1.82, 2.24) is 4.90 Å². The minimum absolute atomic E-state index is 0.245. The topological polar surface area (TPSA) is 98.5 Å². The lowest BCUT2D eigenvalue weighted by atomic mass is 9.55. The highest BCUT2D eigenvalue weighted by Crippen LogP contribution is 2.52. The molecule has 1 aromatic carbocycles. The Morgan fingerprint density at radius 2 is 1.96 bits per heavy atom. The summed E-state index contributed by atoms with van der Waals surface area (Å²) in [4.78, 5) is 2.13. The Balaban J connectivity index is 2.25. The molecule has 1 N–H and O–H groups in total. The first kappa shape index (κ1) is 17.8. The van der Waals surface area contributed by atoms with Crippen LogP contribution in [-0.4, -0.2) is 30.2 Å². The Hall–Kier alpha value is -3.01. The van der Waals surface area contributed by atoms with Crippen molar-refractivity contribution in [1.29, 1.82) is 21.2 Å². The van der Waals surface area contributed by atoms with Crippen LogP contribution in [0.2, 0.25) is 0 Å². The lowest BCUT2D eigenvalue weighted by Gasteiger charge is -2.47. The SMILES string of the molecule is CCN1CC=C2[C@@H](C1)[C@H](c1ccccc1F)[C@@H](C#N)C(=N)C2(C#N)C#N. The van der Waals surface area contributed by atoms with Crippen molar-refractivity contribution >= 4 is 5.71 Å². The van der Waals surface area contributed by atoms with Gasteiger partial charge in [-0.2, -0.15) is 15.8 Å². The van der Waals surface area contributed by atoms with Gasteiger partial charge in [-0.1, -0.05) is 31.2 Å². The molecule has 5 nitrogen and oxygen atoms in total. The summed E-state index contributed by atoms with van der Waals surface area (Å²) in [5, 5.41) is 37.7. The number of hydrogen-bond donors (Lipinski definition) is 1. The van der Waals surface area contributed by atoms with Crippen molar-refractivity contribution in [2.24, 2.45) is 17.3 Å². The first-order valence-corrected chi connectivity index (χ1v) is 8.52. The second-order valence-corrected chi connectivity index (χ2v) is 6.66. The van der Waals surface area contributed by atoms with Crippen molar-refractivity contribution < 1.29 is 4.39 Å². The maximum Gasteiger partial charge on any atom is 0.203 e. The normalized spacial score (nSPS) is 27.4. The molecule has 6 heteroatoms. The van der Waals surface area contributed by atoms with E-state index in [1.807, 2.05) is 25.1 Å². The number of likely N-dealkylation sites (N-methyl/N-ethyl adjacent to an activating group) is 1. The Bertz CT molecular complexity index is 884. The monoisotopic (exact) mass is 347 g/mol. The predicted molar refractivity (Wildman–Crippen MR) is 93.3 cm³/mol. The first-order valence-electron chi connectivity index (χ1n) is 8.52. The van der Waals surface area contributed by atoms with Crippen LogP contribution in [0.25, 0.3) is 0 Å². The molecule has 0 aromatic heterocycles. The lowest BCUT2D eigenvalue weighted by molar-refractivity contribution is 0.216. The van der Waals surface area contributed by atoms with E-state index >= 15 is 0 Å². The Morgan fingerprint density at radius 3 is 2.54 bits per heavy atom. The predicted octanol–water partition coefficient (Wildman–Crippen LogP) is 2.99. The van der Waals surface area contributed by atoms with E-state index < -0.39 is 23.1 Å². The van der Waals surface area contributed by atoms with Gasteiger partial charge in [-0.25, -0.2) is 4.39 Å². The molecule has 0 radical (unpaired) electrons. The van der Waals surface area contributed by atoms with Crippen LogP contribution < -0.4 is 0 Å². The minimum atomic E-state index is -1.74. The number of nitrogens with one attached hydrogen (secondary N) is 1. The van der Waals surface area contributed by atoms with E-state index in [2.05, 4.69) is 11.0 Å². The molecular weight excluding hydrogens is 329 g/mol. The van der Waals surface area contributed by atoms with Gasteiger partial charge in [0.1, 0.15) is 5.82 Å². The van der Waals surface area contributed by atoms with Gasteiger partial charge in [0.25, 0.3) is 0 Å². The molecule has 3 atom stereocenters. The van der Waals surface area contributed by atoms with Gasteiger partial charge in [-0.05, 0) is 23.7 Å². The second kappa shape index (κ2) is 6.71. The third kappa shape index (κ3) is 2.41. The maximum atomic E-state index is 14.6. The summed E-state index contributed by atoms with van der Waals surface area (Å²) in [6.07, 6.45) is 1.82. The zero-order valence-corrected chi connectivity index (χ0v) is 14.4. The summed E-state index contributed by atoms with van der Waals surface area (Å²) >= 11 is 0. The Labute approximate surface area is 152 Å². The summed E-state index contributed by atoms with van der Waals surface area (Å²) in [5.74, 6) is -2.41. The number of nitriles is 3. The van der Waals surface area contributed by atoms with Crippen molar-refractivity contribution in [3.05, 3.63) is 47.3 Å². The van der Waals surface area contributed by atoms with Gasteiger partial charge in [-0.15, -0.1) is 0 Å². The Kier molecular flexibility index (Phi) is 4.60. The van der Waals surface area contributed by atoms with Crippen molar-refractivity contribution in [2.45, 2.75) is 12.8 Å². The van der Waals surface area contributed by atoms with Crippen LogP contribution in [0.15, 0.2) is 35.9 Å². The minimum Gasteiger partial charge on any atom is -0.305 e. The zero-order chi connectivity index (χ0) is 18.9. The molecule has 1 aliphatic carbocycles. The van der Waals surface area contributed by atoms with Crippen LogP contribution >= 0.6 is 0 Å². The van der Waals surface area contributed by atoms with E-state index in [1.54, 1.807) is 18.2 Å². The average Bonchev–Trinajstić information content (AvgIpc) is 2.68. The average molecular weight is 347 g/mol. The molecule has 3 rings (SSSR count). The highest BCUT2D eigenvalue weighted by atomic mass is 19.1. The fraction of sp³-hybridized carbons (Fsp3) is 0.400. The van der Waals surface area contributed by atoms with E-state index in [0.717, 1.165) is 6.54 Å². The summed E-state index contributed by atoms with van der Waals surface area (Å²) in [6, 6.07) is 12.3. The highest BCUT2D eigenvalue weighted by Gasteiger charge is 2.56. The number of nitrogens with zero attached hydrogens (tertiary/aromatic N) is 4.